The van der Waals surface area contributed by atoms with Gasteiger partial charge in [0.15, 0.2) is 5.78 Å². The smallest absolute Gasteiger partial charge is 0.310 e. The minimum absolute atomic E-state index is 0.0424. The lowest BCUT2D eigenvalue weighted by molar-refractivity contribution is -0.232. The summed E-state index contributed by atoms with van der Waals surface area (Å²) in [6, 6.07) is 0. The molecule has 6 atom stereocenters. The largest absolute Gasteiger partial charge is 0.458 e. The second-order valence-corrected chi connectivity index (χ2v) is 11.4. The molecule has 7 aliphatic rings. The summed E-state index contributed by atoms with van der Waals surface area (Å²) in [6.45, 7) is 6.92. The average molecular weight is 387 g/mol. The number of Topliss-reactive ketones (excluding diaryl/α,β-unsaturated/α-hetero) is 1. The molecule has 7 rings (SSSR count). The summed E-state index contributed by atoms with van der Waals surface area (Å²) in [5.41, 5.74) is -0.289. The molecule has 1 heterocycles. The summed E-state index contributed by atoms with van der Waals surface area (Å²) >= 11 is 0. The third-order valence-corrected chi connectivity index (χ3v) is 10.1. The predicted molar refractivity (Wildman–Crippen MR) is 103 cm³/mol. The van der Waals surface area contributed by atoms with Crippen LogP contribution in [0.5, 0.6) is 0 Å². The topological polar surface area (TPSA) is 52.6 Å². The summed E-state index contributed by atoms with van der Waals surface area (Å²) in [5.74, 6) is 3.71. The third kappa shape index (κ3) is 2.11. The Labute approximate surface area is 168 Å². The molecule has 0 aromatic carbocycles. The summed E-state index contributed by atoms with van der Waals surface area (Å²) in [7, 11) is 0. The lowest BCUT2D eigenvalue weighted by atomic mass is 9.47. The minimum atomic E-state index is -0.289. The van der Waals surface area contributed by atoms with Gasteiger partial charge >= 0.3 is 5.97 Å². The van der Waals surface area contributed by atoms with Crippen LogP contribution in [-0.4, -0.2) is 30.1 Å². The van der Waals surface area contributed by atoms with Crippen LogP contribution < -0.4 is 0 Å². The number of fused-ring (bicyclic) bond motifs is 1. The number of ether oxygens (including phenoxy) is 2. The second-order valence-electron chi connectivity index (χ2n) is 11.4. The zero-order valence-corrected chi connectivity index (χ0v) is 17.4. The molecule has 4 heteroatoms. The maximum absolute atomic E-state index is 13.7. The fourth-order valence-corrected chi connectivity index (χ4v) is 9.35. The Bertz CT molecular complexity index is 683. The van der Waals surface area contributed by atoms with Gasteiger partial charge in [0.2, 0.25) is 0 Å². The SMILES string of the molecule is CC1C2CC3C1OCC(=O)C3C2C(=O)OC1(C(C)C)C2CC3CC(C2)CC1C3. The van der Waals surface area contributed by atoms with E-state index in [1.54, 1.807) is 0 Å². The molecule has 6 unspecified atom stereocenters. The zero-order chi connectivity index (χ0) is 19.4. The van der Waals surface area contributed by atoms with Crippen molar-refractivity contribution in [1.82, 2.24) is 0 Å². The fraction of sp³-hybridized carbons (Fsp3) is 0.917. The molecule has 154 valence electrons. The van der Waals surface area contributed by atoms with Crippen LogP contribution in [0.25, 0.3) is 0 Å². The molecule has 7 fully saturated rings. The van der Waals surface area contributed by atoms with E-state index in [1.807, 2.05) is 0 Å². The Hall–Kier alpha value is -0.900. The van der Waals surface area contributed by atoms with Gasteiger partial charge in [-0.15, -0.1) is 0 Å². The van der Waals surface area contributed by atoms with Gasteiger partial charge in [-0.05, 0) is 85.9 Å². The third-order valence-electron chi connectivity index (χ3n) is 10.1. The van der Waals surface area contributed by atoms with E-state index in [4.69, 9.17) is 9.47 Å². The van der Waals surface area contributed by atoms with Gasteiger partial charge in [-0.25, -0.2) is 0 Å². The van der Waals surface area contributed by atoms with E-state index < -0.39 is 0 Å². The Balaban J connectivity index is 1.31. The first kappa shape index (κ1) is 17.9. The maximum Gasteiger partial charge on any atom is 0.310 e. The van der Waals surface area contributed by atoms with Crippen LogP contribution >= 0.6 is 0 Å². The van der Waals surface area contributed by atoms with E-state index in [0.717, 1.165) is 18.3 Å². The van der Waals surface area contributed by atoms with Gasteiger partial charge in [0.05, 0.1) is 12.0 Å². The standard InChI is InChI=1S/C24H34O4/c1-11(2)24(15-5-13-4-14(7-15)8-16(24)6-13)28-23(26)21-17-9-18-20(21)19(25)10-27-22(18)12(17)3/h11-18,20-22H,4-10H2,1-3H3. The Morgan fingerprint density at radius 3 is 2.29 bits per heavy atom. The molecule has 0 N–H and O–H groups in total. The Kier molecular flexibility index (Phi) is 3.73. The molecular weight excluding hydrogens is 352 g/mol. The van der Waals surface area contributed by atoms with Gasteiger partial charge in [0.1, 0.15) is 12.2 Å². The number of ketones is 1. The first-order valence-electron chi connectivity index (χ1n) is 11.8. The fourth-order valence-electron chi connectivity index (χ4n) is 9.35. The van der Waals surface area contributed by atoms with Crippen LogP contribution in [0.2, 0.25) is 0 Å². The van der Waals surface area contributed by atoms with Gasteiger partial charge in [-0.2, -0.15) is 0 Å². The van der Waals surface area contributed by atoms with E-state index in [-0.39, 0.29) is 53.7 Å². The van der Waals surface area contributed by atoms with Crippen LogP contribution in [-0.2, 0) is 19.1 Å². The molecule has 0 aromatic heterocycles. The maximum atomic E-state index is 13.7. The quantitative estimate of drug-likeness (QED) is 0.691. The molecular formula is C24H34O4. The van der Waals surface area contributed by atoms with Crippen molar-refractivity contribution in [3.05, 3.63) is 0 Å². The van der Waals surface area contributed by atoms with Gasteiger partial charge in [0, 0.05) is 5.92 Å². The first-order valence-corrected chi connectivity index (χ1v) is 11.8. The van der Waals surface area contributed by atoms with Crippen LogP contribution in [0.4, 0.5) is 0 Å². The molecule has 0 spiro atoms. The highest BCUT2D eigenvalue weighted by molar-refractivity contribution is 5.90. The number of hydrogen-bond donors (Lipinski definition) is 0. The van der Waals surface area contributed by atoms with Gasteiger partial charge in [-0.3, -0.25) is 9.59 Å². The van der Waals surface area contributed by atoms with Crippen LogP contribution in [0, 0.1) is 59.2 Å². The summed E-state index contributed by atoms with van der Waals surface area (Å²) in [5, 5.41) is 0. The molecule has 1 saturated heterocycles. The van der Waals surface area contributed by atoms with Crippen molar-refractivity contribution in [3.8, 4) is 0 Å². The normalized spacial score (nSPS) is 55.9. The van der Waals surface area contributed by atoms with Gasteiger partial charge in [0.25, 0.3) is 0 Å². The molecule has 6 saturated carbocycles. The van der Waals surface area contributed by atoms with Crippen molar-refractivity contribution in [3.63, 3.8) is 0 Å². The van der Waals surface area contributed by atoms with E-state index in [0.29, 0.717) is 23.7 Å². The molecule has 6 bridgehead atoms. The highest BCUT2D eigenvalue weighted by Gasteiger charge is 2.66. The zero-order valence-electron chi connectivity index (χ0n) is 17.4. The number of carbonyl (C=O) groups excluding carboxylic acids is 2. The number of rotatable bonds is 3. The van der Waals surface area contributed by atoms with E-state index in [1.165, 1.54) is 32.1 Å². The molecule has 4 nitrogen and oxygen atoms in total. The molecule has 0 aromatic rings. The van der Waals surface area contributed by atoms with E-state index in [2.05, 4.69) is 20.8 Å². The summed E-state index contributed by atoms with van der Waals surface area (Å²) in [4.78, 5) is 26.4. The van der Waals surface area contributed by atoms with Crippen molar-refractivity contribution in [2.75, 3.05) is 6.61 Å². The van der Waals surface area contributed by atoms with Gasteiger partial charge in [-0.1, -0.05) is 20.8 Å². The van der Waals surface area contributed by atoms with Crippen molar-refractivity contribution in [2.24, 2.45) is 59.2 Å². The van der Waals surface area contributed by atoms with Crippen LogP contribution in [0.15, 0.2) is 0 Å². The number of carbonyl (C=O) groups is 2. The summed E-state index contributed by atoms with van der Waals surface area (Å²) in [6.07, 6.45) is 7.50. The number of hydrogen-bond acceptors (Lipinski definition) is 4. The van der Waals surface area contributed by atoms with E-state index >= 15 is 0 Å². The van der Waals surface area contributed by atoms with Crippen molar-refractivity contribution in [1.29, 1.82) is 0 Å². The Morgan fingerprint density at radius 1 is 1.04 bits per heavy atom. The highest BCUT2D eigenvalue weighted by Crippen LogP contribution is 2.63. The van der Waals surface area contributed by atoms with Crippen molar-refractivity contribution in [2.45, 2.75) is 71.0 Å². The monoisotopic (exact) mass is 386 g/mol. The minimum Gasteiger partial charge on any atom is -0.458 e. The number of esters is 1. The average Bonchev–Trinajstić information content (AvgIpc) is 3.19. The molecule has 28 heavy (non-hydrogen) atoms. The molecule has 6 aliphatic carbocycles. The van der Waals surface area contributed by atoms with Gasteiger partial charge < -0.3 is 9.47 Å². The van der Waals surface area contributed by atoms with E-state index in [9.17, 15) is 9.59 Å². The first-order chi connectivity index (χ1) is 13.4. The molecule has 0 amide bonds. The lowest BCUT2D eigenvalue weighted by Crippen LogP contribution is -2.63. The highest BCUT2D eigenvalue weighted by atomic mass is 16.6. The van der Waals surface area contributed by atoms with Crippen molar-refractivity contribution < 1.29 is 19.1 Å². The van der Waals surface area contributed by atoms with Crippen molar-refractivity contribution >= 4 is 11.8 Å². The second kappa shape index (κ2) is 5.83. The van der Waals surface area contributed by atoms with Crippen LogP contribution in [0.1, 0.15) is 59.3 Å². The molecule has 1 aliphatic heterocycles. The van der Waals surface area contributed by atoms with Crippen LogP contribution in [0.3, 0.4) is 0 Å². The Morgan fingerprint density at radius 2 is 1.68 bits per heavy atom. The predicted octanol–water partition coefficient (Wildman–Crippen LogP) is 3.87. The lowest BCUT2D eigenvalue weighted by Gasteiger charge is -2.62. The molecule has 0 radical (unpaired) electrons. The summed E-state index contributed by atoms with van der Waals surface area (Å²) < 4.78 is 12.5.